The Kier molecular flexibility index (Phi) is 5.13. The van der Waals surface area contributed by atoms with E-state index in [2.05, 4.69) is 21.2 Å². The van der Waals surface area contributed by atoms with Crippen LogP contribution in [0.5, 0.6) is 0 Å². The Labute approximate surface area is 136 Å². The number of aromatic nitrogens is 1. The highest BCUT2D eigenvalue weighted by Crippen LogP contribution is 2.20. The van der Waals surface area contributed by atoms with Crippen LogP contribution >= 0.6 is 15.9 Å². The molecule has 1 amide bonds. The second kappa shape index (κ2) is 6.87. The Morgan fingerprint density at radius 3 is 2.59 bits per heavy atom. The van der Waals surface area contributed by atoms with Crippen molar-refractivity contribution in [1.82, 2.24) is 4.57 Å². The first kappa shape index (κ1) is 16.4. The fourth-order valence-corrected chi connectivity index (χ4v) is 2.67. The Balaban J connectivity index is 2.04. The molecule has 0 aliphatic rings. The molecule has 0 unspecified atom stereocenters. The van der Waals surface area contributed by atoms with Crippen LogP contribution in [-0.4, -0.2) is 10.5 Å². The maximum absolute atomic E-state index is 12.9. The number of pyridine rings is 1. The molecular weight excluding hydrogens is 351 g/mol. The molecule has 22 heavy (non-hydrogen) atoms. The molecule has 1 N–H and O–H groups in total. The summed E-state index contributed by atoms with van der Waals surface area (Å²) in [6.07, 6.45) is 1.83. The summed E-state index contributed by atoms with van der Waals surface area (Å²) in [5.41, 5.74) is 1.28. The molecule has 0 saturated carbocycles. The zero-order chi connectivity index (χ0) is 16.3. The molecule has 0 radical (unpaired) electrons. The van der Waals surface area contributed by atoms with Gasteiger partial charge in [0.15, 0.2) is 0 Å². The van der Waals surface area contributed by atoms with Crippen LogP contribution < -0.4 is 10.9 Å². The molecule has 0 aliphatic heterocycles. The van der Waals surface area contributed by atoms with E-state index in [0.717, 1.165) is 5.56 Å². The Morgan fingerprint density at radius 1 is 1.36 bits per heavy atom. The van der Waals surface area contributed by atoms with Gasteiger partial charge in [-0.1, -0.05) is 19.1 Å². The van der Waals surface area contributed by atoms with E-state index in [0.29, 0.717) is 10.2 Å². The van der Waals surface area contributed by atoms with Gasteiger partial charge in [-0.25, -0.2) is 4.39 Å². The fourth-order valence-electron chi connectivity index (χ4n) is 2.14. The molecule has 6 heteroatoms. The van der Waals surface area contributed by atoms with Crippen LogP contribution in [0.3, 0.4) is 0 Å². The quantitative estimate of drug-likeness (QED) is 0.901. The Hall–Kier alpha value is -1.95. The number of carbonyl (C=O) groups excluding carboxylic acids is 1. The lowest BCUT2D eigenvalue weighted by molar-refractivity contribution is -0.116. The van der Waals surface area contributed by atoms with E-state index in [-0.39, 0.29) is 29.6 Å². The van der Waals surface area contributed by atoms with Crippen LogP contribution in [0.15, 0.2) is 45.8 Å². The van der Waals surface area contributed by atoms with Gasteiger partial charge in [0.2, 0.25) is 5.91 Å². The summed E-state index contributed by atoms with van der Waals surface area (Å²) < 4.78 is 14.7. The van der Waals surface area contributed by atoms with Crippen LogP contribution in [0.4, 0.5) is 10.1 Å². The number of carbonyl (C=O) groups is 1. The predicted octanol–water partition coefficient (Wildman–Crippen LogP) is 3.42. The van der Waals surface area contributed by atoms with Gasteiger partial charge in [0.05, 0.1) is 10.2 Å². The maximum Gasteiger partial charge on any atom is 0.264 e. The molecule has 2 rings (SSSR count). The number of anilines is 1. The molecule has 0 aliphatic carbocycles. The van der Waals surface area contributed by atoms with Gasteiger partial charge in [0, 0.05) is 19.7 Å². The predicted molar refractivity (Wildman–Crippen MR) is 87.4 cm³/mol. The van der Waals surface area contributed by atoms with Gasteiger partial charge < -0.3 is 9.88 Å². The lowest BCUT2D eigenvalue weighted by atomic mass is 9.97. The third-order valence-electron chi connectivity index (χ3n) is 3.35. The highest BCUT2D eigenvalue weighted by atomic mass is 79.9. The zero-order valence-corrected chi connectivity index (χ0v) is 13.9. The van der Waals surface area contributed by atoms with Crippen LogP contribution in [0.1, 0.15) is 24.8 Å². The summed E-state index contributed by atoms with van der Waals surface area (Å²) >= 11 is 3.16. The average molecular weight is 367 g/mol. The topological polar surface area (TPSA) is 51.1 Å². The third kappa shape index (κ3) is 4.04. The van der Waals surface area contributed by atoms with Crippen molar-refractivity contribution in [2.45, 2.75) is 19.3 Å². The minimum absolute atomic E-state index is 0.0310. The molecule has 0 saturated heterocycles. The number of hydrogen-bond acceptors (Lipinski definition) is 2. The molecule has 1 heterocycles. The largest absolute Gasteiger partial charge is 0.325 e. The van der Waals surface area contributed by atoms with Crippen molar-refractivity contribution in [3.05, 3.63) is 62.7 Å². The Bertz CT molecular complexity index is 715. The van der Waals surface area contributed by atoms with Crippen LogP contribution in [0, 0.1) is 5.82 Å². The van der Waals surface area contributed by atoms with Crippen LogP contribution in [0.25, 0.3) is 0 Å². The monoisotopic (exact) mass is 366 g/mol. The molecule has 0 spiro atoms. The third-order valence-corrected chi connectivity index (χ3v) is 3.92. The highest BCUT2D eigenvalue weighted by molar-refractivity contribution is 9.10. The normalized spacial score (nSPS) is 12.0. The van der Waals surface area contributed by atoms with E-state index in [1.807, 2.05) is 6.92 Å². The molecule has 1 atom stereocenters. The average Bonchev–Trinajstić information content (AvgIpc) is 2.45. The van der Waals surface area contributed by atoms with E-state index < -0.39 is 0 Å². The van der Waals surface area contributed by atoms with Crippen LogP contribution in [0.2, 0.25) is 0 Å². The van der Waals surface area contributed by atoms with E-state index >= 15 is 0 Å². The van der Waals surface area contributed by atoms with Gasteiger partial charge in [0.1, 0.15) is 5.82 Å². The molecule has 1 aromatic heterocycles. The number of benzene rings is 1. The van der Waals surface area contributed by atoms with E-state index in [9.17, 15) is 14.0 Å². The van der Waals surface area contributed by atoms with Crippen molar-refractivity contribution in [3.8, 4) is 0 Å². The number of aryl methyl sites for hydroxylation is 1. The van der Waals surface area contributed by atoms with Gasteiger partial charge in [-0.15, -0.1) is 0 Å². The maximum atomic E-state index is 12.9. The van der Waals surface area contributed by atoms with E-state index in [4.69, 9.17) is 0 Å². The summed E-state index contributed by atoms with van der Waals surface area (Å²) in [4.78, 5) is 23.7. The lowest BCUT2D eigenvalue weighted by Gasteiger charge is -2.13. The molecule has 4 nitrogen and oxygen atoms in total. The number of nitrogens with zero attached hydrogens (tertiary/aromatic N) is 1. The van der Waals surface area contributed by atoms with Gasteiger partial charge in [0.25, 0.3) is 5.56 Å². The lowest BCUT2D eigenvalue weighted by Crippen LogP contribution is -2.20. The van der Waals surface area contributed by atoms with E-state index in [1.165, 1.54) is 16.7 Å². The smallest absolute Gasteiger partial charge is 0.264 e. The van der Waals surface area contributed by atoms with Crippen molar-refractivity contribution in [1.29, 1.82) is 0 Å². The van der Waals surface area contributed by atoms with Gasteiger partial charge >= 0.3 is 0 Å². The summed E-state index contributed by atoms with van der Waals surface area (Å²) in [6, 6.07) is 7.69. The minimum Gasteiger partial charge on any atom is -0.325 e. The van der Waals surface area contributed by atoms with E-state index in [1.54, 1.807) is 31.4 Å². The van der Waals surface area contributed by atoms with Crippen LogP contribution in [-0.2, 0) is 11.8 Å². The summed E-state index contributed by atoms with van der Waals surface area (Å²) in [5, 5.41) is 2.76. The summed E-state index contributed by atoms with van der Waals surface area (Å²) in [7, 11) is 1.61. The standard InChI is InChI=1S/C16H16BrFN2O2/c1-10(11-3-5-12(18)6-4-11)7-15(21)19-13-8-14(17)16(22)20(2)9-13/h3-6,8-10H,7H2,1-2H3,(H,19,21)/t10-/m1/s1. The first-order valence-electron chi connectivity index (χ1n) is 6.78. The molecule has 0 fully saturated rings. The molecule has 0 bridgehead atoms. The number of halogens is 2. The first-order valence-corrected chi connectivity index (χ1v) is 7.57. The van der Waals surface area contributed by atoms with Crippen molar-refractivity contribution < 1.29 is 9.18 Å². The van der Waals surface area contributed by atoms with Crippen molar-refractivity contribution >= 4 is 27.5 Å². The second-order valence-electron chi connectivity index (χ2n) is 5.20. The Morgan fingerprint density at radius 2 is 2.00 bits per heavy atom. The van der Waals surface area contributed by atoms with Gasteiger partial charge in [-0.3, -0.25) is 9.59 Å². The first-order chi connectivity index (χ1) is 10.4. The zero-order valence-electron chi connectivity index (χ0n) is 12.3. The highest BCUT2D eigenvalue weighted by Gasteiger charge is 2.12. The molecular formula is C16H16BrFN2O2. The summed E-state index contributed by atoms with van der Waals surface area (Å²) in [5.74, 6) is -0.491. The minimum atomic E-state index is -0.296. The van der Waals surface area contributed by atoms with Crippen molar-refractivity contribution in [3.63, 3.8) is 0 Å². The van der Waals surface area contributed by atoms with Gasteiger partial charge in [-0.2, -0.15) is 0 Å². The number of amides is 1. The van der Waals surface area contributed by atoms with Crippen molar-refractivity contribution in [2.75, 3.05) is 5.32 Å². The fraction of sp³-hybridized carbons (Fsp3) is 0.250. The number of nitrogens with one attached hydrogen (secondary N) is 1. The number of hydrogen-bond donors (Lipinski definition) is 1. The molecule has 116 valence electrons. The summed E-state index contributed by atoms with van der Waals surface area (Å²) in [6.45, 7) is 1.91. The van der Waals surface area contributed by atoms with Gasteiger partial charge in [-0.05, 0) is 45.6 Å². The van der Waals surface area contributed by atoms with Crippen molar-refractivity contribution in [2.24, 2.45) is 7.05 Å². The number of rotatable bonds is 4. The SMILES string of the molecule is C[C@H](CC(=O)Nc1cc(Br)c(=O)n(C)c1)c1ccc(F)cc1. The molecule has 2 aromatic rings. The molecule has 1 aromatic carbocycles. The second-order valence-corrected chi connectivity index (χ2v) is 6.05.